The first-order valence-corrected chi connectivity index (χ1v) is 6.77. The molecule has 0 unspecified atom stereocenters. The maximum Gasteiger partial charge on any atom is 0.236 e. The van der Waals surface area contributed by atoms with Crippen LogP contribution in [0, 0.1) is 0 Å². The summed E-state index contributed by atoms with van der Waals surface area (Å²) in [6.07, 6.45) is 4.36. The third kappa shape index (κ3) is 3.42. The Hall–Kier alpha value is -0.610. The summed E-state index contributed by atoms with van der Waals surface area (Å²) in [5.74, 6) is 0.253. The Morgan fingerprint density at radius 2 is 2.06 bits per heavy atom. The van der Waals surface area contributed by atoms with Gasteiger partial charge in [-0.25, -0.2) is 0 Å². The van der Waals surface area contributed by atoms with Crippen LogP contribution in [-0.4, -0.2) is 48.7 Å². The van der Waals surface area contributed by atoms with Gasteiger partial charge in [-0.05, 0) is 39.5 Å². The van der Waals surface area contributed by atoms with Gasteiger partial charge < -0.3 is 15.0 Å². The number of rotatable bonds is 5. The van der Waals surface area contributed by atoms with Crippen LogP contribution in [0.5, 0.6) is 0 Å². The summed E-state index contributed by atoms with van der Waals surface area (Å²) in [5, 5.41) is 3.42. The lowest BCUT2D eigenvalue weighted by molar-refractivity contribution is -0.131. The van der Waals surface area contributed by atoms with Crippen LogP contribution in [0.4, 0.5) is 0 Å². The average Bonchev–Trinajstić information content (AvgIpc) is 3.13. The highest BCUT2D eigenvalue weighted by Gasteiger charge is 2.33. The van der Waals surface area contributed by atoms with Gasteiger partial charge >= 0.3 is 0 Å². The molecule has 1 saturated carbocycles. The third-order valence-electron chi connectivity index (χ3n) is 3.91. The highest BCUT2D eigenvalue weighted by molar-refractivity contribution is 5.79. The molecule has 1 heterocycles. The number of carbonyl (C=O) groups excluding carboxylic acids is 1. The maximum atomic E-state index is 12.1. The van der Waals surface area contributed by atoms with E-state index in [2.05, 4.69) is 19.2 Å². The van der Waals surface area contributed by atoms with E-state index in [4.69, 9.17) is 4.74 Å². The summed E-state index contributed by atoms with van der Waals surface area (Å²) in [7, 11) is 0. The van der Waals surface area contributed by atoms with Gasteiger partial charge in [0, 0.05) is 31.3 Å². The molecule has 0 aromatic heterocycles. The Labute approximate surface area is 104 Å². The molecule has 1 amide bonds. The van der Waals surface area contributed by atoms with E-state index in [1.54, 1.807) is 0 Å². The van der Waals surface area contributed by atoms with Gasteiger partial charge in [0.05, 0.1) is 6.54 Å². The molecule has 98 valence electrons. The zero-order chi connectivity index (χ0) is 12.3. The second-order valence-electron chi connectivity index (χ2n) is 5.44. The number of hydrogen-bond acceptors (Lipinski definition) is 3. The van der Waals surface area contributed by atoms with Crippen molar-refractivity contribution in [1.82, 2.24) is 10.2 Å². The van der Waals surface area contributed by atoms with E-state index >= 15 is 0 Å². The van der Waals surface area contributed by atoms with E-state index in [1.807, 2.05) is 4.90 Å². The molecular weight excluding hydrogens is 216 g/mol. The van der Waals surface area contributed by atoms with Crippen LogP contribution < -0.4 is 5.32 Å². The molecule has 2 fully saturated rings. The van der Waals surface area contributed by atoms with Crippen LogP contribution >= 0.6 is 0 Å². The average molecular weight is 240 g/mol. The van der Waals surface area contributed by atoms with Gasteiger partial charge in [-0.3, -0.25) is 4.79 Å². The molecule has 4 nitrogen and oxygen atoms in total. The van der Waals surface area contributed by atoms with E-state index in [0.717, 1.165) is 32.6 Å². The first-order valence-electron chi connectivity index (χ1n) is 6.77. The second kappa shape index (κ2) is 5.36. The minimum atomic E-state index is 0.0802. The first kappa shape index (κ1) is 12.8. The maximum absolute atomic E-state index is 12.1. The predicted molar refractivity (Wildman–Crippen MR) is 66.9 cm³/mol. The molecule has 1 saturated heterocycles. The molecule has 0 aromatic carbocycles. The SMILES string of the molecule is CCN(C(=O)CNC1(C)CCOCC1)C1CC1. The molecule has 0 radical (unpaired) electrons. The van der Waals surface area contributed by atoms with Crippen LogP contribution in [0.1, 0.15) is 39.5 Å². The van der Waals surface area contributed by atoms with E-state index in [0.29, 0.717) is 12.6 Å². The van der Waals surface area contributed by atoms with Crippen molar-refractivity contribution < 1.29 is 9.53 Å². The van der Waals surface area contributed by atoms with Crippen LogP contribution in [0.3, 0.4) is 0 Å². The van der Waals surface area contributed by atoms with E-state index in [9.17, 15) is 4.79 Å². The summed E-state index contributed by atoms with van der Waals surface area (Å²) in [5.41, 5.74) is 0.0802. The lowest BCUT2D eigenvalue weighted by Gasteiger charge is -2.35. The number of ether oxygens (including phenoxy) is 1. The number of amides is 1. The Kier molecular flexibility index (Phi) is 4.05. The molecule has 0 aromatic rings. The van der Waals surface area contributed by atoms with Crippen molar-refractivity contribution in [3.05, 3.63) is 0 Å². The van der Waals surface area contributed by atoms with E-state index in [1.165, 1.54) is 12.8 Å². The van der Waals surface area contributed by atoms with E-state index in [-0.39, 0.29) is 11.4 Å². The van der Waals surface area contributed by atoms with Gasteiger partial charge in [-0.2, -0.15) is 0 Å². The summed E-state index contributed by atoms with van der Waals surface area (Å²) in [6.45, 7) is 7.17. The summed E-state index contributed by atoms with van der Waals surface area (Å²) in [4.78, 5) is 14.1. The Bertz CT molecular complexity index is 271. The zero-order valence-corrected chi connectivity index (χ0v) is 11.0. The first-order chi connectivity index (χ1) is 8.14. The molecular formula is C13H24N2O2. The van der Waals surface area contributed by atoms with Gasteiger partial charge in [0.2, 0.25) is 5.91 Å². The van der Waals surface area contributed by atoms with Crippen LogP contribution in [0.2, 0.25) is 0 Å². The molecule has 17 heavy (non-hydrogen) atoms. The van der Waals surface area contributed by atoms with Gasteiger partial charge in [-0.15, -0.1) is 0 Å². The summed E-state index contributed by atoms with van der Waals surface area (Å²) in [6, 6.07) is 0.525. The monoisotopic (exact) mass is 240 g/mol. The van der Waals surface area contributed by atoms with Crippen molar-refractivity contribution in [2.45, 2.75) is 51.1 Å². The number of hydrogen-bond donors (Lipinski definition) is 1. The van der Waals surface area contributed by atoms with Gasteiger partial charge in [-0.1, -0.05) is 0 Å². The number of nitrogens with one attached hydrogen (secondary N) is 1. The smallest absolute Gasteiger partial charge is 0.236 e. The zero-order valence-electron chi connectivity index (χ0n) is 11.0. The number of likely N-dealkylation sites (N-methyl/N-ethyl adjacent to an activating group) is 1. The molecule has 1 aliphatic heterocycles. The third-order valence-corrected chi connectivity index (χ3v) is 3.91. The predicted octanol–water partition coefficient (Wildman–Crippen LogP) is 1.16. The Morgan fingerprint density at radius 3 is 2.59 bits per heavy atom. The van der Waals surface area contributed by atoms with Gasteiger partial charge in [0.1, 0.15) is 0 Å². The molecule has 2 aliphatic rings. The largest absolute Gasteiger partial charge is 0.381 e. The van der Waals surface area contributed by atoms with E-state index < -0.39 is 0 Å². The lowest BCUT2D eigenvalue weighted by Crippen LogP contribution is -2.51. The highest BCUT2D eigenvalue weighted by Crippen LogP contribution is 2.26. The lowest BCUT2D eigenvalue weighted by atomic mass is 9.92. The van der Waals surface area contributed by atoms with Gasteiger partial charge in [0.25, 0.3) is 0 Å². The van der Waals surface area contributed by atoms with Crippen molar-refractivity contribution >= 4 is 5.91 Å². The fourth-order valence-electron chi connectivity index (χ4n) is 2.41. The van der Waals surface area contributed by atoms with Crippen LogP contribution in [-0.2, 0) is 9.53 Å². The van der Waals surface area contributed by atoms with Crippen molar-refractivity contribution in [3.63, 3.8) is 0 Å². The minimum absolute atomic E-state index is 0.0802. The molecule has 0 bridgehead atoms. The summed E-state index contributed by atoms with van der Waals surface area (Å²) < 4.78 is 5.35. The molecule has 1 N–H and O–H groups in total. The summed E-state index contributed by atoms with van der Waals surface area (Å²) >= 11 is 0. The van der Waals surface area contributed by atoms with Crippen molar-refractivity contribution in [2.75, 3.05) is 26.3 Å². The number of carbonyl (C=O) groups is 1. The molecule has 0 atom stereocenters. The Morgan fingerprint density at radius 1 is 1.41 bits per heavy atom. The van der Waals surface area contributed by atoms with Crippen LogP contribution in [0.15, 0.2) is 0 Å². The molecule has 1 aliphatic carbocycles. The fourth-order valence-corrected chi connectivity index (χ4v) is 2.41. The fraction of sp³-hybridized carbons (Fsp3) is 0.923. The molecule has 4 heteroatoms. The molecule has 2 rings (SSSR count). The quantitative estimate of drug-likeness (QED) is 0.784. The van der Waals surface area contributed by atoms with Crippen molar-refractivity contribution in [3.8, 4) is 0 Å². The topological polar surface area (TPSA) is 41.6 Å². The Balaban J connectivity index is 1.78. The van der Waals surface area contributed by atoms with Crippen molar-refractivity contribution in [2.24, 2.45) is 0 Å². The normalized spacial score (nSPS) is 23.4. The van der Waals surface area contributed by atoms with Crippen LogP contribution in [0.25, 0.3) is 0 Å². The number of nitrogens with zero attached hydrogens (tertiary/aromatic N) is 1. The standard InChI is InChI=1S/C13H24N2O2/c1-3-15(11-4-5-11)12(16)10-14-13(2)6-8-17-9-7-13/h11,14H,3-10H2,1-2H3. The highest BCUT2D eigenvalue weighted by atomic mass is 16.5. The van der Waals surface area contributed by atoms with Gasteiger partial charge in [0.15, 0.2) is 0 Å². The van der Waals surface area contributed by atoms with Crippen molar-refractivity contribution in [1.29, 1.82) is 0 Å². The minimum Gasteiger partial charge on any atom is -0.381 e. The molecule has 0 spiro atoms. The second-order valence-corrected chi connectivity index (χ2v) is 5.44.